The van der Waals surface area contributed by atoms with Crippen LogP contribution in [0.5, 0.6) is 23.0 Å². The molecule has 9 nitrogen and oxygen atoms in total. The van der Waals surface area contributed by atoms with Crippen LogP contribution in [0.4, 0.5) is 11.4 Å². The van der Waals surface area contributed by atoms with Gasteiger partial charge in [-0.3, -0.25) is 19.4 Å². The standard InChI is InChI=1S/C28H24N2O4.C14H18N2O/c31-27-24-11-10-23(34-22-6-2-1-3-7-22)16-25(24)28(32)30(27)21-9-8-20-14-19(18-33-26(20)15-21)17-29-12-4-5-13-29;15-13-4-3-12-7-11(10-17-14(12)8-13)9-16-5-1-2-6-16/h1-3,6-11,14-16H,4-5,12-13,17-18H2;3-4,7-8H,1-2,5-6,9-10,15H2. The maximum atomic E-state index is 13.2. The van der Waals surface area contributed by atoms with Gasteiger partial charge in [-0.1, -0.05) is 18.2 Å². The van der Waals surface area contributed by atoms with Gasteiger partial charge in [-0.15, -0.1) is 0 Å². The highest BCUT2D eigenvalue weighted by Gasteiger charge is 2.37. The van der Waals surface area contributed by atoms with Crippen LogP contribution in [0.3, 0.4) is 0 Å². The fourth-order valence-corrected chi connectivity index (χ4v) is 7.35. The van der Waals surface area contributed by atoms with Gasteiger partial charge in [0.1, 0.15) is 36.2 Å². The number of nitrogens with zero attached hydrogens (tertiary/aromatic N) is 3. The van der Waals surface area contributed by atoms with Crippen LogP contribution in [0.2, 0.25) is 0 Å². The molecule has 4 aromatic carbocycles. The molecule has 0 saturated carbocycles. The number of ether oxygens (including phenoxy) is 3. The van der Waals surface area contributed by atoms with Gasteiger partial charge in [-0.2, -0.15) is 0 Å². The van der Waals surface area contributed by atoms with E-state index in [1.165, 1.54) is 54.8 Å². The van der Waals surface area contributed by atoms with E-state index in [2.05, 4.69) is 22.0 Å². The monoisotopic (exact) mass is 682 g/mol. The maximum Gasteiger partial charge on any atom is 0.266 e. The van der Waals surface area contributed by atoms with Crippen LogP contribution in [0, 0.1) is 0 Å². The van der Waals surface area contributed by atoms with E-state index in [0.717, 1.165) is 48.7 Å². The van der Waals surface area contributed by atoms with Crippen molar-refractivity contribution in [1.82, 2.24) is 9.80 Å². The van der Waals surface area contributed by atoms with E-state index < -0.39 is 0 Å². The average molecular weight is 683 g/mol. The Hall–Kier alpha value is -5.38. The van der Waals surface area contributed by atoms with Crippen molar-refractivity contribution in [2.75, 3.05) is 63.1 Å². The summed E-state index contributed by atoms with van der Waals surface area (Å²) >= 11 is 0. The number of carbonyl (C=O) groups excluding carboxylic acids is 2. The molecule has 2 fully saturated rings. The van der Waals surface area contributed by atoms with Crippen LogP contribution in [-0.2, 0) is 0 Å². The first kappa shape index (κ1) is 32.8. The Kier molecular flexibility index (Phi) is 9.30. The lowest BCUT2D eigenvalue weighted by atomic mass is 10.1. The van der Waals surface area contributed by atoms with Crippen molar-refractivity contribution in [3.05, 3.63) is 118 Å². The fraction of sp³-hybridized carbons (Fsp3) is 0.286. The number of fused-ring (bicyclic) bond motifs is 3. The van der Waals surface area contributed by atoms with Crippen LogP contribution in [-0.4, -0.2) is 74.1 Å². The Labute approximate surface area is 298 Å². The van der Waals surface area contributed by atoms with E-state index in [9.17, 15) is 9.59 Å². The fourth-order valence-electron chi connectivity index (χ4n) is 7.35. The van der Waals surface area contributed by atoms with E-state index in [1.807, 2.05) is 54.6 Å². The molecule has 5 heterocycles. The molecule has 0 bridgehead atoms. The number of nitrogens with two attached hydrogens (primary N) is 1. The van der Waals surface area contributed by atoms with E-state index in [1.54, 1.807) is 30.3 Å². The third kappa shape index (κ3) is 7.27. The first-order valence-electron chi connectivity index (χ1n) is 17.9. The Morgan fingerprint density at radius 1 is 0.608 bits per heavy atom. The van der Waals surface area contributed by atoms with Crippen molar-refractivity contribution in [3.8, 4) is 23.0 Å². The third-order valence-electron chi connectivity index (χ3n) is 9.93. The van der Waals surface area contributed by atoms with E-state index in [-0.39, 0.29) is 11.8 Å². The average Bonchev–Trinajstić information content (AvgIpc) is 3.91. The second-order valence-corrected chi connectivity index (χ2v) is 13.7. The van der Waals surface area contributed by atoms with Gasteiger partial charge in [0, 0.05) is 42.0 Å². The van der Waals surface area contributed by atoms with Crippen LogP contribution in [0.1, 0.15) is 57.5 Å². The largest absolute Gasteiger partial charge is 0.488 e. The molecule has 9 rings (SSSR count). The molecule has 5 aliphatic rings. The maximum absolute atomic E-state index is 13.2. The molecule has 0 radical (unpaired) electrons. The lowest BCUT2D eigenvalue weighted by molar-refractivity contribution is 0.0926. The van der Waals surface area contributed by atoms with Crippen molar-refractivity contribution < 1.29 is 23.8 Å². The number of para-hydroxylation sites is 1. The summed E-state index contributed by atoms with van der Waals surface area (Å²) in [6.45, 7) is 7.93. The molecule has 0 unspecified atom stereocenters. The highest BCUT2D eigenvalue weighted by molar-refractivity contribution is 6.34. The number of imide groups is 1. The van der Waals surface area contributed by atoms with Gasteiger partial charge in [0.25, 0.3) is 11.8 Å². The smallest absolute Gasteiger partial charge is 0.266 e. The number of carbonyl (C=O) groups is 2. The first-order chi connectivity index (χ1) is 25.0. The van der Waals surface area contributed by atoms with Gasteiger partial charge in [0.2, 0.25) is 0 Å². The Balaban J connectivity index is 0.000000184. The summed E-state index contributed by atoms with van der Waals surface area (Å²) in [6, 6.07) is 25.7. The molecule has 260 valence electrons. The van der Waals surface area contributed by atoms with E-state index in [0.29, 0.717) is 47.3 Å². The quantitative estimate of drug-likeness (QED) is 0.160. The Bertz CT molecular complexity index is 2010. The number of likely N-dealkylation sites (tertiary alicyclic amines) is 2. The molecule has 9 heteroatoms. The number of rotatable bonds is 7. The second-order valence-electron chi connectivity index (χ2n) is 13.7. The number of amides is 2. The highest BCUT2D eigenvalue weighted by atomic mass is 16.5. The second kappa shape index (κ2) is 14.5. The highest BCUT2D eigenvalue weighted by Crippen LogP contribution is 2.36. The molecule has 2 saturated heterocycles. The molecule has 4 aromatic rings. The zero-order chi connectivity index (χ0) is 34.7. The summed E-state index contributed by atoms with van der Waals surface area (Å²) in [7, 11) is 0. The van der Waals surface area contributed by atoms with Crippen LogP contribution in [0.25, 0.3) is 12.2 Å². The van der Waals surface area contributed by atoms with Crippen molar-refractivity contribution in [3.63, 3.8) is 0 Å². The SMILES string of the molecule is Nc1ccc2c(c1)OCC(CN1CCCC1)=C2.O=C1c2ccc(Oc3ccccc3)cc2C(=O)N1c1ccc2c(c1)OCC(CN1CCCC1)=C2. The molecule has 0 atom stereocenters. The van der Waals surface area contributed by atoms with Crippen molar-refractivity contribution in [2.24, 2.45) is 0 Å². The minimum absolute atomic E-state index is 0.338. The lowest BCUT2D eigenvalue weighted by Crippen LogP contribution is -2.29. The molecule has 51 heavy (non-hydrogen) atoms. The Morgan fingerprint density at radius 3 is 1.84 bits per heavy atom. The summed E-state index contributed by atoms with van der Waals surface area (Å²) in [5, 5.41) is 0. The molecule has 5 aliphatic heterocycles. The molecular weight excluding hydrogens is 640 g/mol. The van der Waals surface area contributed by atoms with Gasteiger partial charge in [-0.05, 0) is 130 Å². The zero-order valence-corrected chi connectivity index (χ0v) is 28.7. The topological polar surface area (TPSA) is 97.6 Å². The molecule has 0 spiro atoms. The molecule has 0 aliphatic carbocycles. The molecular formula is C42H42N4O5. The number of anilines is 2. The van der Waals surface area contributed by atoms with Gasteiger partial charge < -0.3 is 19.9 Å². The number of benzene rings is 4. The number of nitrogen functional groups attached to an aromatic ring is 1. The summed E-state index contributed by atoms with van der Waals surface area (Å²) in [4.78, 5) is 32.5. The molecule has 0 aromatic heterocycles. The lowest BCUT2D eigenvalue weighted by Gasteiger charge is -2.23. The molecule has 2 amide bonds. The van der Waals surface area contributed by atoms with Crippen LogP contribution >= 0.6 is 0 Å². The van der Waals surface area contributed by atoms with Gasteiger partial charge in [-0.25, -0.2) is 4.90 Å². The summed E-state index contributed by atoms with van der Waals surface area (Å²) in [6.07, 6.45) is 9.60. The van der Waals surface area contributed by atoms with Crippen LogP contribution < -0.4 is 24.8 Å². The predicted octanol–water partition coefficient (Wildman–Crippen LogP) is 7.29. The van der Waals surface area contributed by atoms with Gasteiger partial charge in [0.05, 0.1) is 16.8 Å². The van der Waals surface area contributed by atoms with Crippen LogP contribution in [0.15, 0.2) is 96.1 Å². The van der Waals surface area contributed by atoms with E-state index in [4.69, 9.17) is 19.9 Å². The first-order valence-corrected chi connectivity index (χ1v) is 17.9. The normalized spacial score (nSPS) is 18.1. The van der Waals surface area contributed by atoms with Gasteiger partial charge >= 0.3 is 0 Å². The Morgan fingerprint density at radius 2 is 1.20 bits per heavy atom. The minimum atomic E-state index is -0.362. The van der Waals surface area contributed by atoms with Crippen molar-refractivity contribution in [2.45, 2.75) is 25.7 Å². The summed E-state index contributed by atoms with van der Waals surface area (Å²) < 4.78 is 17.6. The van der Waals surface area contributed by atoms with Crippen molar-refractivity contribution >= 4 is 35.3 Å². The number of hydrogen-bond acceptors (Lipinski definition) is 8. The summed E-state index contributed by atoms with van der Waals surface area (Å²) in [5.41, 5.74) is 12.5. The van der Waals surface area contributed by atoms with E-state index >= 15 is 0 Å². The zero-order valence-electron chi connectivity index (χ0n) is 28.7. The minimum Gasteiger partial charge on any atom is -0.488 e. The number of hydrogen-bond donors (Lipinski definition) is 1. The summed E-state index contributed by atoms with van der Waals surface area (Å²) in [5.74, 6) is 2.08. The third-order valence-corrected chi connectivity index (χ3v) is 9.93. The molecule has 2 N–H and O–H groups in total. The predicted molar refractivity (Wildman–Crippen MR) is 200 cm³/mol. The van der Waals surface area contributed by atoms with Gasteiger partial charge in [0.15, 0.2) is 0 Å². The van der Waals surface area contributed by atoms with Crippen molar-refractivity contribution in [1.29, 1.82) is 0 Å².